The normalized spacial score (nSPS) is 16.1. The number of rotatable bonds is 4. The van der Waals surface area contributed by atoms with Crippen LogP contribution in [0, 0.1) is 5.82 Å². The summed E-state index contributed by atoms with van der Waals surface area (Å²) >= 11 is 0. The molecule has 0 spiro atoms. The summed E-state index contributed by atoms with van der Waals surface area (Å²) in [5, 5.41) is 2.96. The highest BCUT2D eigenvalue weighted by atomic mass is 19.1. The number of halogens is 1. The van der Waals surface area contributed by atoms with Crippen molar-refractivity contribution in [3.8, 4) is 0 Å². The summed E-state index contributed by atoms with van der Waals surface area (Å²) in [6, 6.07) is 2.54. The van der Waals surface area contributed by atoms with E-state index in [0.29, 0.717) is 17.6 Å². The summed E-state index contributed by atoms with van der Waals surface area (Å²) in [7, 11) is 3.48. The Labute approximate surface area is 145 Å². The number of amides is 2. The largest absolute Gasteiger partial charge is 0.349 e. The Morgan fingerprint density at radius 1 is 1.36 bits per heavy atom. The summed E-state index contributed by atoms with van der Waals surface area (Å²) in [4.78, 5) is 34.9. The van der Waals surface area contributed by atoms with Crippen LogP contribution in [-0.4, -0.2) is 71.4 Å². The molecule has 3 rings (SSSR count). The zero-order valence-electron chi connectivity index (χ0n) is 14.4. The lowest BCUT2D eigenvalue weighted by atomic mass is 10.0. The first-order valence-electron chi connectivity index (χ1n) is 8.30. The number of benzene rings is 1. The molecule has 2 aromatic rings. The van der Waals surface area contributed by atoms with E-state index in [-0.39, 0.29) is 23.4 Å². The molecule has 2 heterocycles. The average molecular weight is 347 g/mol. The minimum absolute atomic E-state index is 0.00969. The van der Waals surface area contributed by atoms with E-state index in [4.69, 9.17) is 0 Å². The highest BCUT2D eigenvalue weighted by Gasteiger charge is 2.24. The Morgan fingerprint density at radius 2 is 2.08 bits per heavy atom. The van der Waals surface area contributed by atoms with Crippen LogP contribution in [0.3, 0.4) is 0 Å². The predicted molar refractivity (Wildman–Crippen MR) is 91.7 cm³/mol. The maximum absolute atomic E-state index is 13.7. The van der Waals surface area contributed by atoms with Gasteiger partial charge in [-0.15, -0.1) is 0 Å². The number of piperidine rings is 1. The zero-order valence-corrected chi connectivity index (χ0v) is 14.4. The zero-order chi connectivity index (χ0) is 18.0. The van der Waals surface area contributed by atoms with Crippen molar-refractivity contribution in [2.24, 2.45) is 0 Å². The van der Waals surface area contributed by atoms with Gasteiger partial charge in [0.05, 0.1) is 24.0 Å². The van der Waals surface area contributed by atoms with Crippen LogP contribution in [-0.2, 0) is 4.79 Å². The van der Waals surface area contributed by atoms with Crippen molar-refractivity contribution >= 4 is 22.8 Å². The molecule has 1 fully saturated rings. The van der Waals surface area contributed by atoms with Gasteiger partial charge in [0.2, 0.25) is 5.91 Å². The van der Waals surface area contributed by atoms with E-state index in [2.05, 4.69) is 20.2 Å². The maximum atomic E-state index is 13.7. The molecule has 1 aliphatic rings. The van der Waals surface area contributed by atoms with E-state index >= 15 is 0 Å². The highest BCUT2D eigenvalue weighted by molar-refractivity contribution is 6.04. The van der Waals surface area contributed by atoms with E-state index in [1.807, 2.05) is 0 Å². The first-order chi connectivity index (χ1) is 11.9. The van der Waals surface area contributed by atoms with Crippen molar-refractivity contribution in [1.82, 2.24) is 25.1 Å². The van der Waals surface area contributed by atoms with Gasteiger partial charge < -0.3 is 15.2 Å². The van der Waals surface area contributed by atoms with Crippen LogP contribution >= 0.6 is 0 Å². The van der Waals surface area contributed by atoms with Crippen LogP contribution in [0.2, 0.25) is 0 Å². The second-order valence-electron chi connectivity index (χ2n) is 6.56. The van der Waals surface area contributed by atoms with Gasteiger partial charge in [0.1, 0.15) is 11.3 Å². The number of aromatic nitrogens is 2. The average Bonchev–Trinajstić information content (AvgIpc) is 3.03. The van der Waals surface area contributed by atoms with Gasteiger partial charge in [0.25, 0.3) is 5.91 Å². The van der Waals surface area contributed by atoms with E-state index in [0.717, 1.165) is 25.9 Å². The van der Waals surface area contributed by atoms with Crippen LogP contribution in [0.15, 0.2) is 18.5 Å². The number of likely N-dealkylation sites (tertiary alicyclic amines) is 1. The van der Waals surface area contributed by atoms with Crippen molar-refractivity contribution in [2.45, 2.75) is 18.9 Å². The van der Waals surface area contributed by atoms with Gasteiger partial charge in [-0.3, -0.25) is 14.5 Å². The van der Waals surface area contributed by atoms with Gasteiger partial charge in [-0.25, -0.2) is 9.37 Å². The van der Waals surface area contributed by atoms with E-state index in [1.54, 1.807) is 19.0 Å². The SMILES string of the molecule is CN(C)C(=O)CN1CCC(NC(=O)c2cc(F)cc3[nH]cnc23)CC1. The minimum Gasteiger partial charge on any atom is -0.349 e. The van der Waals surface area contributed by atoms with Gasteiger partial charge in [0, 0.05) is 33.2 Å². The molecule has 25 heavy (non-hydrogen) atoms. The third-order valence-corrected chi connectivity index (χ3v) is 4.51. The van der Waals surface area contributed by atoms with Crippen LogP contribution in [0.1, 0.15) is 23.2 Å². The number of H-pyrrole nitrogens is 1. The third kappa shape index (κ3) is 3.96. The molecule has 8 heteroatoms. The van der Waals surface area contributed by atoms with Crippen molar-refractivity contribution in [1.29, 1.82) is 0 Å². The predicted octanol–water partition coefficient (Wildman–Crippen LogP) is 0.984. The van der Waals surface area contributed by atoms with Crippen molar-refractivity contribution in [3.05, 3.63) is 29.8 Å². The van der Waals surface area contributed by atoms with Crippen molar-refractivity contribution in [3.63, 3.8) is 0 Å². The van der Waals surface area contributed by atoms with Gasteiger partial charge in [-0.05, 0) is 25.0 Å². The molecule has 0 radical (unpaired) electrons. The van der Waals surface area contributed by atoms with E-state index < -0.39 is 5.82 Å². The molecule has 0 bridgehead atoms. The molecular weight excluding hydrogens is 325 g/mol. The summed E-state index contributed by atoms with van der Waals surface area (Å²) in [5.41, 5.74) is 1.21. The second kappa shape index (κ2) is 7.18. The Bertz CT molecular complexity index is 780. The number of nitrogens with zero attached hydrogens (tertiary/aromatic N) is 3. The van der Waals surface area contributed by atoms with Gasteiger partial charge in [-0.1, -0.05) is 0 Å². The molecule has 0 aliphatic carbocycles. The quantitative estimate of drug-likeness (QED) is 0.864. The van der Waals surface area contributed by atoms with Crippen LogP contribution in [0.5, 0.6) is 0 Å². The number of carbonyl (C=O) groups is 2. The Kier molecular flexibility index (Phi) is 4.98. The highest BCUT2D eigenvalue weighted by Crippen LogP contribution is 2.18. The molecule has 0 atom stereocenters. The number of hydrogen-bond donors (Lipinski definition) is 2. The summed E-state index contributed by atoms with van der Waals surface area (Å²) in [5.74, 6) is -0.721. The molecule has 1 aromatic heterocycles. The summed E-state index contributed by atoms with van der Waals surface area (Å²) in [6.45, 7) is 1.88. The molecule has 2 amide bonds. The third-order valence-electron chi connectivity index (χ3n) is 4.51. The molecule has 1 aromatic carbocycles. The number of aromatic amines is 1. The Morgan fingerprint density at radius 3 is 2.76 bits per heavy atom. The van der Waals surface area contributed by atoms with Crippen molar-refractivity contribution in [2.75, 3.05) is 33.7 Å². The van der Waals surface area contributed by atoms with Gasteiger partial charge in [-0.2, -0.15) is 0 Å². The smallest absolute Gasteiger partial charge is 0.253 e. The molecule has 1 saturated heterocycles. The van der Waals surface area contributed by atoms with Crippen molar-refractivity contribution < 1.29 is 14.0 Å². The molecule has 7 nitrogen and oxygen atoms in total. The first kappa shape index (κ1) is 17.3. The fraction of sp³-hybridized carbons (Fsp3) is 0.471. The Balaban J connectivity index is 1.59. The number of carbonyl (C=O) groups excluding carboxylic acids is 2. The van der Waals surface area contributed by atoms with Gasteiger partial charge in [0.15, 0.2) is 0 Å². The minimum atomic E-state index is -0.473. The lowest BCUT2D eigenvalue weighted by Gasteiger charge is -2.32. The summed E-state index contributed by atoms with van der Waals surface area (Å²) < 4.78 is 13.7. The van der Waals surface area contributed by atoms with Crippen LogP contribution in [0.4, 0.5) is 4.39 Å². The monoisotopic (exact) mass is 347 g/mol. The first-order valence-corrected chi connectivity index (χ1v) is 8.30. The van der Waals surface area contributed by atoms with E-state index in [9.17, 15) is 14.0 Å². The lowest BCUT2D eigenvalue weighted by molar-refractivity contribution is -0.130. The second-order valence-corrected chi connectivity index (χ2v) is 6.56. The van der Waals surface area contributed by atoms with Gasteiger partial charge >= 0.3 is 0 Å². The van der Waals surface area contributed by atoms with E-state index in [1.165, 1.54) is 18.5 Å². The molecular formula is C17H22FN5O2. The molecule has 1 aliphatic heterocycles. The summed E-state index contributed by atoms with van der Waals surface area (Å²) in [6.07, 6.45) is 2.96. The number of nitrogens with one attached hydrogen (secondary N) is 2. The maximum Gasteiger partial charge on any atom is 0.253 e. The standard InChI is InChI=1S/C17H22FN5O2/c1-22(2)15(24)9-23-5-3-12(4-6-23)21-17(25)13-7-11(18)8-14-16(13)20-10-19-14/h7-8,10,12H,3-6,9H2,1-2H3,(H,19,20)(H,21,25). The number of fused-ring (bicyclic) bond motifs is 1. The lowest BCUT2D eigenvalue weighted by Crippen LogP contribution is -2.47. The molecule has 0 unspecified atom stereocenters. The number of likely N-dealkylation sites (N-methyl/N-ethyl adjacent to an activating group) is 1. The van der Waals surface area contributed by atoms with Crippen LogP contribution in [0.25, 0.3) is 11.0 Å². The molecule has 0 saturated carbocycles. The molecule has 2 N–H and O–H groups in total. The topological polar surface area (TPSA) is 81.3 Å². The fourth-order valence-electron chi connectivity index (χ4n) is 3.02. The number of hydrogen-bond acceptors (Lipinski definition) is 4. The molecule has 134 valence electrons. The number of imidazole rings is 1. The Hall–Kier alpha value is -2.48. The fourth-order valence-corrected chi connectivity index (χ4v) is 3.02. The van der Waals surface area contributed by atoms with Crippen LogP contribution < -0.4 is 5.32 Å².